The largest absolute Gasteiger partial charge is 0.454 e. The summed E-state index contributed by atoms with van der Waals surface area (Å²) in [6.07, 6.45) is 1.32. The molecule has 2 aliphatic rings. The van der Waals surface area contributed by atoms with Gasteiger partial charge in [0.05, 0.1) is 12.1 Å². The van der Waals surface area contributed by atoms with Gasteiger partial charge in [0.2, 0.25) is 6.79 Å². The van der Waals surface area contributed by atoms with Crippen molar-refractivity contribution in [3.63, 3.8) is 0 Å². The average molecular weight is 578 g/mol. The highest BCUT2D eigenvalue weighted by Crippen LogP contribution is 2.37. The van der Waals surface area contributed by atoms with Gasteiger partial charge in [-0.2, -0.15) is 0 Å². The van der Waals surface area contributed by atoms with Gasteiger partial charge in [-0.3, -0.25) is 9.59 Å². The summed E-state index contributed by atoms with van der Waals surface area (Å²) in [6, 6.07) is 21.3. The number of amides is 1. The highest BCUT2D eigenvalue weighted by molar-refractivity contribution is 7.12. The smallest absolute Gasteiger partial charge is 0.264 e. The lowest BCUT2D eigenvalue weighted by molar-refractivity contribution is -0.117. The Morgan fingerprint density at radius 1 is 0.905 bits per heavy atom. The number of thiazole rings is 1. The van der Waals surface area contributed by atoms with Crippen LogP contribution in [-0.2, 0) is 24.1 Å². The molecule has 0 radical (unpaired) electrons. The summed E-state index contributed by atoms with van der Waals surface area (Å²) in [5.74, 6) is 1.86. The lowest BCUT2D eigenvalue weighted by Gasteiger charge is -2.18. The number of fused-ring (bicyclic) bond motifs is 2. The third-order valence-corrected chi connectivity index (χ3v) is 8.62. The first-order chi connectivity index (χ1) is 20.4. The molecule has 0 aliphatic carbocycles. The second-order valence-corrected chi connectivity index (χ2v) is 11.8. The SMILES string of the molecule is Cc1onc(-c2ccccc2)c1C(=O)N1CCc2cc(-c3nc(CC(=O)Cc4ccc5c(c4)OCO5)sc3C)ccc21. The number of Topliss-reactive ketones (excluding diaryl/α,β-unsaturated/α-hetero) is 1. The van der Waals surface area contributed by atoms with E-state index in [1.54, 1.807) is 23.2 Å². The van der Waals surface area contributed by atoms with Crippen LogP contribution in [0.5, 0.6) is 11.5 Å². The Morgan fingerprint density at radius 3 is 2.60 bits per heavy atom. The molecule has 0 spiro atoms. The summed E-state index contributed by atoms with van der Waals surface area (Å²) in [7, 11) is 0. The van der Waals surface area contributed by atoms with Crippen LogP contribution in [-0.4, -0.2) is 35.2 Å². The van der Waals surface area contributed by atoms with Crippen molar-refractivity contribution in [2.75, 3.05) is 18.2 Å². The van der Waals surface area contributed by atoms with Crippen LogP contribution in [0.15, 0.2) is 71.3 Å². The van der Waals surface area contributed by atoms with Gasteiger partial charge in [-0.25, -0.2) is 4.98 Å². The van der Waals surface area contributed by atoms with Crippen LogP contribution in [0.2, 0.25) is 0 Å². The van der Waals surface area contributed by atoms with Gasteiger partial charge in [-0.1, -0.05) is 47.6 Å². The summed E-state index contributed by atoms with van der Waals surface area (Å²) >= 11 is 1.55. The number of anilines is 1. The molecule has 7 rings (SSSR count). The zero-order chi connectivity index (χ0) is 28.8. The fraction of sp³-hybridized carbons (Fsp3) is 0.212. The molecular formula is C33H27N3O5S. The average Bonchev–Trinajstić information content (AvgIpc) is 3.78. The molecule has 1 amide bonds. The predicted molar refractivity (Wildman–Crippen MR) is 159 cm³/mol. The topological polar surface area (TPSA) is 94.8 Å². The van der Waals surface area contributed by atoms with Crippen molar-refractivity contribution < 1.29 is 23.6 Å². The Morgan fingerprint density at radius 2 is 1.74 bits per heavy atom. The van der Waals surface area contributed by atoms with Gasteiger partial charge in [0, 0.05) is 34.7 Å². The van der Waals surface area contributed by atoms with Crippen LogP contribution in [0.4, 0.5) is 5.69 Å². The van der Waals surface area contributed by atoms with E-state index in [2.05, 4.69) is 11.2 Å². The molecule has 5 aromatic rings. The molecule has 2 aromatic heterocycles. The maximum Gasteiger partial charge on any atom is 0.264 e. The fourth-order valence-corrected chi connectivity index (χ4v) is 6.60. The van der Waals surface area contributed by atoms with Crippen LogP contribution in [0.25, 0.3) is 22.5 Å². The quantitative estimate of drug-likeness (QED) is 0.222. The molecule has 4 heterocycles. The van der Waals surface area contributed by atoms with Crippen LogP contribution in [0, 0.1) is 13.8 Å². The van der Waals surface area contributed by atoms with E-state index in [-0.39, 0.29) is 24.9 Å². The lowest BCUT2D eigenvalue weighted by Crippen LogP contribution is -2.29. The second kappa shape index (κ2) is 10.6. The van der Waals surface area contributed by atoms with Gasteiger partial charge >= 0.3 is 0 Å². The van der Waals surface area contributed by atoms with Crippen molar-refractivity contribution in [2.24, 2.45) is 0 Å². The van der Waals surface area contributed by atoms with E-state index < -0.39 is 0 Å². The molecule has 0 saturated carbocycles. The Kier molecular flexibility index (Phi) is 6.59. The minimum absolute atomic E-state index is 0.0937. The highest BCUT2D eigenvalue weighted by Gasteiger charge is 2.31. The molecule has 42 heavy (non-hydrogen) atoms. The standard InChI is InChI=1S/C33H27N3O5S/c1-19-30(32(35-41-19)22-6-4-3-5-7-22)33(38)36-13-12-23-16-24(9-10-26(23)36)31-20(2)42-29(34-31)17-25(37)14-21-8-11-27-28(15-21)40-18-39-27/h3-11,15-16H,12-14,17-18H2,1-2H3. The van der Waals surface area contributed by atoms with Gasteiger partial charge in [0.25, 0.3) is 5.91 Å². The zero-order valence-corrected chi connectivity index (χ0v) is 24.0. The minimum Gasteiger partial charge on any atom is -0.454 e. The Labute approximate surface area is 246 Å². The Bertz CT molecular complexity index is 1840. The molecule has 0 bridgehead atoms. The zero-order valence-electron chi connectivity index (χ0n) is 23.2. The molecule has 0 atom stereocenters. The Hall–Kier alpha value is -4.76. The van der Waals surface area contributed by atoms with Crippen LogP contribution in [0.3, 0.4) is 0 Å². The van der Waals surface area contributed by atoms with Crippen molar-refractivity contribution in [2.45, 2.75) is 33.1 Å². The van der Waals surface area contributed by atoms with Gasteiger partial charge in [-0.05, 0) is 55.7 Å². The second-order valence-electron chi connectivity index (χ2n) is 10.5. The number of carbonyl (C=O) groups is 2. The van der Waals surface area contributed by atoms with E-state index in [0.29, 0.717) is 41.5 Å². The number of hydrogen-bond acceptors (Lipinski definition) is 8. The minimum atomic E-state index is -0.118. The summed E-state index contributed by atoms with van der Waals surface area (Å²) in [6.45, 7) is 4.59. The molecule has 210 valence electrons. The number of carbonyl (C=O) groups excluding carboxylic acids is 2. The van der Waals surface area contributed by atoms with Gasteiger partial charge in [0.15, 0.2) is 11.5 Å². The number of rotatable bonds is 7. The third-order valence-electron chi connectivity index (χ3n) is 7.65. The molecule has 0 unspecified atom stereocenters. The summed E-state index contributed by atoms with van der Waals surface area (Å²) in [5.41, 5.74) is 6.62. The fourth-order valence-electron chi connectivity index (χ4n) is 5.62. The van der Waals surface area contributed by atoms with Crippen LogP contribution < -0.4 is 14.4 Å². The predicted octanol–water partition coefficient (Wildman–Crippen LogP) is 6.37. The van der Waals surface area contributed by atoms with E-state index in [1.807, 2.05) is 67.6 Å². The van der Waals surface area contributed by atoms with Crippen LogP contribution in [0.1, 0.15) is 37.1 Å². The summed E-state index contributed by atoms with van der Waals surface area (Å²) in [4.78, 5) is 34.3. The molecule has 9 heteroatoms. The maximum absolute atomic E-state index is 13.8. The van der Waals surface area contributed by atoms with Crippen LogP contribution >= 0.6 is 11.3 Å². The molecule has 3 aromatic carbocycles. The maximum atomic E-state index is 13.8. The first kappa shape index (κ1) is 26.2. The first-order valence-electron chi connectivity index (χ1n) is 13.8. The summed E-state index contributed by atoms with van der Waals surface area (Å²) < 4.78 is 16.2. The van der Waals surface area contributed by atoms with E-state index in [4.69, 9.17) is 19.0 Å². The number of ketones is 1. The number of benzene rings is 3. The van der Waals surface area contributed by atoms with Crippen molar-refractivity contribution in [3.8, 4) is 34.0 Å². The molecule has 0 fully saturated rings. The van der Waals surface area contributed by atoms with Crippen molar-refractivity contribution in [3.05, 3.63) is 99.1 Å². The molecule has 0 N–H and O–H groups in total. The van der Waals surface area contributed by atoms with Gasteiger partial charge in [-0.15, -0.1) is 11.3 Å². The first-order valence-corrected chi connectivity index (χ1v) is 14.6. The van der Waals surface area contributed by atoms with Crippen molar-refractivity contribution in [1.29, 1.82) is 0 Å². The summed E-state index contributed by atoms with van der Waals surface area (Å²) in [5, 5.41) is 4.99. The number of ether oxygens (including phenoxy) is 2. The van der Waals surface area contributed by atoms with Crippen molar-refractivity contribution in [1.82, 2.24) is 10.1 Å². The normalized spacial score (nSPS) is 13.4. The lowest BCUT2D eigenvalue weighted by atomic mass is 10.0. The van der Waals surface area contributed by atoms with E-state index in [1.165, 1.54) is 0 Å². The van der Waals surface area contributed by atoms with E-state index in [0.717, 1.165) is 49.9 Å². The van der Waals surface area contributed by atoms with Gasteiger partial charge < -0.3 is 18.9 Å². The van der Waals surface area contributed by atoms with E-state index in [9.17, 15) is 9.59 Å². The van der Waals surface area contributed by atoms with E-state index >= 15 is 0 Å². The third kappa shape index (κ3) is 4.75. The molecule has 0 saturated heterocycles. The van der Waals surface area contributed by atoms with Gasteiger partial charge in [0.1, 0.15) is 27.8 Å². The molecule has 2 aliphatic heterocycles. The number of hydrogen-bond donors (Lipinski definition) is 0. The Balaban J connectivity index is 1.08. The molecular weight excluding hydrogens is 550 g/mol. The van der Waals surface area contributed by atoms with Crippen molar-refractivity contribution >= 4 is 28.7 Å². The highest BCUT2D eigenvalue weighted by atomic mass is 32.1. The number of nitrogens with zero attached hydrogens (tertiary/aromatic N) is 3. The molecule has 8 nitrogen and oxygen atoms in total. The number of aryl methyl sites for hydroxylation is 2. The number of aromatic nitrogens is 2. The monoisotopic (exact) mass is 577 g/mol.